The molecule has 0 spiro atoms. The Morgan fingerprint density at radius 1 is 1.24 bits per heavy atom. The molecule has 21 heavy (non-hydrogen) atoms. The number of carbonyl (C=O) groups excluding carboxylic acids is 1. The van der Waals surface area contributed by atoms with E-state index in [0.717, 1.165) is 11.3 Å². The highest BCUT2D eigenvalue weighted by molar-refractivity contribution is 5.89. The van der Waals surface area contributed by atoms with Gasteiger partial charge in [0.1, 0.15) is 0 Å². The van der Waals surface area contributed by atoms with Crippen molar-refractivity contribution in [3.63, 3.8) is 0 Å². The number of amides is 2. The Morgan fingerprint density at radius 2 is 1.95 bits per heavy atom. The molecule has 0 saturated carbocycles. The molecule has 1 aliphatic heterocycles. The zero-order chi connectivity index (χ0) is 14.7. The van der Waals surface area contributed by atoms with Gasteiger partial charge in [0.05, 0.1) is 13.2 Å². The van der Waals surface area contributed by atoms with Gasteiger partial charge in [-0.1, -0.05) is 5.16 Å². The monoisotopic (exact) mass is 288 g/mol. The second kappa shape index (κ2) is 5.92. The summed E-state index contributed by atoms with van der Waals surface area (Å²) >= 11 is 0. The van der Waals surface area contributed by atoms with Gasteiger partial charge < -0.3 is 19.5 Å². The first kappa shape index (κ1) is 13.6. The lowest BCUT2D eigenvalue weighted by molar-refractivity contribution is 0.0564. The number of aryl methyl sites for hydroxylation is 1. The number of hydrogen-bond acceptors (Lipinski definition) is 5. The van der Waals surface area contributed by atoms with Crippen LogP contribution in [0.5, 0.6) is 0 Å². The van der Waals surface area contributed by atoms with Crippen molar-refractivity contribution in [2.24, 2.45) is 0 Å². The van der Waals surface area contributed by atoms with Gasteiger partial charge in [-0.15, -0.1) is 0 Å². The molecule has 2 aromatic rings. The molecule has 1 fully saturated rings. The maximum Gasteiger partial charge on any atom is 0.321 e. The maximum absolute atomic E-state index is 12.0. The van der Waals surface area contributed by atoms with Gasteiger partial charge in [0, 0.05) is 24.3 Å². The summed E-state index contributed by atoms with van der Waals surface area (Å²) in [4.78, 5) is 17.9. The smallest absolute Gasteiger partial charge is 0.321 e. The minimum Gasteiger partial charge on any atom is -0.378 e. The van der Waals surface area contributed by atoms with Crippen molar-refractivity contribution >= 4 is 11.7 Å². The number of benzene rings is 1. The summed E-state index contributed by atoms with van der Waals surface area (Å²) in [5.74, 6) is 1.06. The highest BCUT2D eigenvalue weighted by atomic mass is 16.5. The predicted octanol–water partition coefficient (Wildman–Crippen LogP) is 1.91. The first-order valence-electron chi connectivity index (χ1n) is 6.77. The van der Waals surface area contributed by atoms with Crippen molar-refractivity contribution in [3.8, 4) is 11.5 Å². The molecule has 0 bridgehead atoms. The lowest BCUT2D eigenvalue weighted by Crippen LogP contribution is -2.43. The second-order valence-electron chi connectivity index (χ2n) is 4.75. The SMILES string of the molecule is Cc1noc(-c2ccc(NC(=O)N3CCOCC3)cc2)n1. The molecule has 1 N–H and O–H groups in total. The summed E-state index contributed by atoms with van der Waals surface area (Å²) in [6, 6.07) is 7.18. The Morgan fingerprint density at radius 3 is 2.57 bits per heavy atom. The summed E-state index contributed by atoms with van der Waals surface area (Å²) in [5, 5.41) is 6.61. The Bertz CT molecular complexity index is 617. The van der Waals surface area contributed by atoms with Crippen LogP contribution in [0, 0.1) is 6.92 Å². The van der Waals surface area contributed by atoms with Crippen LogP contribution in [-0.4, -0.2) is 47.4 Å². The molecule has 7 heteroatoms. The molecule has 110 valence electrons. The maximum atomic E-state index is 12.0. The highest BCUT2D eigenvalue weighted by Gasteiger charge is 2.16. The Labute approximate surface area is 121 Å². The number of ether oxygens (including phenoxy) is 1. The molecule has 3 rings (SSSR count). The number of morpholine rings is 1. The largest absolute Gasteiger partial charge is 0.378 e. The van der Waals surface area contributed by atoms with Crippen molar-refractivity contribution in [2.45, 2.75) is 6.92 Å². The summed E-state index contributed by atoms with van der Waals surface area (Å²) < 4.78 is 10.3. The van der Waals surface area contributed by atoms with Gasteiger partial charge in [-0.3, -0.25) is 0 Å². The lowest BCUT2D eigenvalue weighted by atomic mass is 10.2. The Balaban J connectivity index is 1.65. The first-order valence-corrected chi connectivity index (χ1v) is 6.77. The van der Waals surface area contributed by atoms with E-state index in [1.54, 1.807) is 11.8 Å². The van der Waals surface area contributed by atoms with Crippen LogP contribution in [-0.2, 0) is 4.74 Å². The highest BCUT2D eigenvalue weighted by Crippen LogP contribution is 2.19. The van der Waals surface area contributed by atoms with Gasteiger partial charge in [0.2, 0.25) is 0 Å². The zero-order valence-electron chi connectivity index (χ0n) is 11.7. The van der Waals surface area contributed by atoms with Crippen molar-refractivity contribution in [1.82, 2.24) is 15.0 Å². The topological polar surface area (TPSA) is 80.5 Å². The van der Waals surface area contributed by atoms with Crippen LogP contribution in [0.3, 0.4) is 0 Å². The molecule has 0 atom stereocenters. The van der Waals surface area contributed by atoms with Crippen molar-refractivity contribution in [1.29, 1.82) is 0 Å². The fourth-order valence-electron chi connectivity index (χ4n) is 2.08. The quantitative estimate of drug-likeness (QED) is 0.913. The zero-order valence-corrected chi connectivity index (χ0v) is 11.7. The number of urea groups is 1. The molecule has 0 radical (unpaired) electrons. The molecule has 2 amide bonds. The van der Waals surface area contributed by atoms with Crippen LogP contribution < -0.4 is 5.32 Å². The van der Waals surface area contributed by atoms with E-state index in [1.165, 1.54) is 0 Å². The minimum atomic E-state index is -0.111. The molecule has 0 unspecified atom stereocenters. The van der Waals surface area contributed by atoms with Gasteiger partial charge in [-0.25, -0.2) is 4.79 Å². The number of hydrogen-bond donors (Lipinski definition) is 1. The van der Waals surface area contributed by atoms with Crippen LogP contribution in [0.25, 0.3) is 11.5 Å². The molecule has 2 heterocycles. The van der Waals surface area contributed by atoms with Crippen LogP contribution in [0.4, 0.5) is 10.5 Å². The molecule has 0 aliphatic carbocycles. The van der Waals surface area contributed by atoms with Gasteiger partial charge >= 0.3 is 6.03 Å². The standard InChI is InChI=1S/C14H16N4O3/c1-10-15-13(21-17-10)11-2-4-12(5-3-11)16-14(19)18-6-8-20-9-7-18/h2-5H,6-9H2,1H3,(H,16,19). The first-order chi connectivity index (χ1) is 10.2. The molecular formula is C14H16N4O3. The van der Waals surface area contributed by atoms with Gasteiger partial charge in [0.15, 0.2) is 5.82 Å². The summed E-state index contributed by atoms with van der Waals surface area (Å²) in [6.45, 7) is 4.17. The molecule has 1 aromatic carbocycles. The van der Waals surface area contributed by atoms with Crippen LogP contribution in [0.1, 0.15) is 5.82 Å². The van der Waals surface area contributed by atoms with Crippen LogP contribution in [0.15, 0.2) is 28.8 Å². The number of carbonyl (C=O) groups is 1. The van der Waals surface area contributed by atoms with E-state index in [9.17, 15) is 4.79 Å². The van der Waals surface area contributed by atoms with Gasteiger partial charge in [-0.2, -0.15) is 4.98 Å². The average molecular weight is 288 g/mol. The van der Waals surface area contributed by atoms with Gasteiger partial charge in [-0.05, 0) is 31.2 Å². The van der Waals surface area contributed by atoms with E-state index in [0.29, 0.717) is 38.0 Å². The molecular weight excluding hydrogens is 272 g/mol. The van der Waals surface area contributed by atoms with E-state index in [1.807, 2.05) is 24.3 Å². The normalized spacial score (nSPS) is 15.0. The van der Waals surface area contributed by atoms with Crippen molar-refractivity contribution in [2.75, 3.05) is 31.6 Å². The molecule has 1 aliphatic rings. The fraction of sp³-hybridized carbons (Fsp3) is 0.357. The third kappa shape index (κ3) is 3.19. The molecule has 1 saturated heterocycles. The van der Waals surface area contributed by atoms with E-state index in [2.05, 4.69) is 15.5 Å². The van der Waals surface area contributed by atoms with Crippen LogP contribution >= 0.6 is 0 Å². The minimum absolute atomic E-state index is 0.111. The third-order valence-electron chi connectivity index (χ3n) is 3.21. The number of aromatic nitrogens is 2. The summed E-state index contributed by atoms with van der Waals surface area (Å²) in [7, 11) is 0. The number of nitrogens with one attached hydrogen (secondary N) is 1. The number of anilines is 1. The Kier molecular flexibility index (Phi) is 3.83. The van der Waals surface area contributed by atoms with E-state index in [4.69, 9.17) is 9.26 Å². The number of nitrogens with zero attached hydrogens (tertiary/aromatic N) is 3. The molecule has 7 nitrogen and oxygen atoms in total. The fourth-order valence-corrected chi connectivity index (χ4v) is 2.08. The van der Waals surface area contributed by atoms with E-state index in [-0.39, 0.29) is 6.03 Å². The van der Waals surface area contributed by atoms with Crippen LogP contribution in [0.2, 0.25) is 0 Å². The van der Waals surface area contributed by atoms with E-state index >= 15 is 0 Å². The molecule has 1 aromatic heterocycles. The van der Waals surface area contributed by atoms with E-state index < -0.39 is 0 Å². The lowest BCUT2D eigenvalue weighted by Gasteiger charge is -2.26. The predicted molar refractivity (Wildman–Crippen MR) is 75.9 cm³/mol. The number of rotatable bonds is 2. The van der Waals surface area contributed by atoms with Crippen molar-refractivity contribution in [3.05, 3.63) is 30.1 Å². The summed E-state index contributed by atoms with van der Waals surface area (Å²) in [5.41, 5.74) is 1.55. The Hall–Kier alpha value is -2.41. The summed E-state index contributed by atoms with van der Waals surface area (Å²) in [6.07, 6.45) is 0. The van der Waals surface area contributed by atoms with Crippen molar-refractivity contribution < 1.29 is 14.1 Å². The second-order valence-corrected chi connectivity index (χ2v) is 4.75. The van der Waals surface area contributed by atoms with Gasteiger partial charge in [0.25, 0.3) is 5.89 Å². The third-order valence-corrected chi connectivity index (χ3v) is 3.21. The average Bonchev–Trinajstić information content (AvgIpc) is 2.95.